The molecule has 0 radical (unpaired) electrons. The lowest BCUT2D eigenvalue weighted by Gasteiger charge is -2.24. The zero-order valence-corrected chi connectivity index (χ0v) is 86.0. The Morgan fingerprint density at radius 2 is 0.411 bits per heavy atom. The van der Waals surface area contributed by atoms with Crippen LogP contribution in [0.15, 0.2) is 152 Å². The highest BCUT2D eigenvalue weighted by Gasteiger charge is 2.49. The van der Waals surface area contributed by atoms with Gasteiger partial charge in [0, 0.05) is 65.9 Å². The third-order valence-corrected chi connectivity index (χ3v) is 30.9. The lowest BCUT2D eigenvalue weighted by atomic mass is 9.85. The molecule has 129 heavy (non-hydrogen) atoms. The molecule has 6 aromatic carbocycles. The third-order valence-electron chi connectivity index (χ3n) is 30.9. The normalized spacial score (nSPS) is 17.4. The summed E-state index contributed by atoms with van der Waals surface area (Å²) in [4.78, 5) is 0. The molecule has 0 aliphatic heterocycles. The average Bonchev–Trinajstić information content (AvgIpc) is 1.59. The fraction of sp³-hybridized carbons (Fsp3) is 0.571. The molecule has 7 saturated carbocycles. The standard InChI is InChI=1S/C26H39N2.C26H33N2.C25H37N2.2C21H31N2/c2*1-19-13-9-12-18-23(19)27-20(2)24(21-14-7-6-8-15-21)28(22-16-10-11-17-22)25(27)26(3,4)5;1-18-12-6-11-17-22(18)26-19(2)23(20-13-7-8-14-20)27(21-15-9-10-16-21)24(26)25(3,4)5;2*1-15-11-7-10-14-19(15)23-17(3)16(2)22(18-12-8-9-13-18)20(23)21(4,5)6/h9,12-13,18,21-22H,6-8,10-11,14-17H2,1-5H3;6-9,12-15,18,22H,10-11,16-17H2,1-5H3;6,11-12,17,20-21H,7-10,13-16H2,1-5H3;2*7,10-11,14,18H,8-9,12-13H2,1-6H3/q5*+1. The number of aromatic nitrogens is 10. The molecule has 0 amide bonds. The van der Waals surface area contributed by atoms with Gasteiger partial charge in [-0.2, -0.15) is 22.8 Å². The number of benzene rings is 6. The fourth-order valence-electron chi connectivity index (χ4n) is 24.8. The molecule has 692 valence electrons. The minimum atomic E-state index is 0.0443. The quantitative estimate of drug-likeness (QED) is 0.103. The molecule has 10 nitrogen and oxygen atoms in total. The van der Waals surface area contributed by atoms with Gasteiger partial charge in [-0.3, -0.25) is 0 Å². The van der Waals surface area contributed by atoms with Gasteiger partial charge in [-0.1, -0.05) is 153 Å². The van der Waals surface area contributed by atoms with E-state index in [-0.39, 0.29) is 27.1 Å². The predicted molar refractivity (Wildman–Crippen MR) is 540 cm³/mol. The zero-order valence-electron chi connectivity index (χ0n) is 86.0. The van der Waals surface area contributed by atoms with E-state index in [1.54, 1.807) is 11.4 Å². The van der Waals surface area contributed by atoms with Gasteiger partial charge >= 0.3 is 0 Å². The van der Waals surface area contributed by atoms with Gasteiger partial charge in [0.2, 0.25) is 0 Å². The molecule has 18 rings (SSSR count). The van der Waals surface area contributed by atoms with Gasteiger partial charge in [-0.25, -0.2) is 22.8 Å². The Morgan fingerprint density at radius 3 is 0.674 bits per heavy atom. The molecule has 0 N–H and O–H groups in total. The Kier molecular flexibility index (Phi) is 29.9. The number of imidazole rings is 5. The van der Waals surface area contributed by atoms with Crippen molar-refractivity contribution in [3.63, 3.8) is 0 Å². The lowest BCUT2D eigenvalue weighted by Crippen LogP contribution is -2.49. The highest BCUT2D eigenvalue weighted by atomic mass is 15.3. The lowest BCUT2D eigenvalue weighted by molar-refractivity contribution is -0.738. The summed E-state index contributed by atoms with van der Waals surface area (Å²) in [6.45, 7) is 63.0. The summed E-state index contributed by atoms with van der Waals surface area (Å²) in [7, 11) is 0. The van der Waals surface area contributed by atoms with Crippen LogP contribution in [0.1, 0.15) is 440 Å². The summed E-state index contributed by atoms with van der Waals surface area (Å²) < 4.78 is 26.5. The second-order valence-electron chi connectivity index (χ2n) is 45.9. The number of aryl methyl sites for hydroxylation is 5. The second kappa shape index (κ2) is 40.0. The Bertz CT molecular complexity index is 5510. The third kappa shape index (κ3) is 20.1. The van der Waals surface area contributed by atoms with Crippen LogP contribution >= 0.6 is 0 Å². The van der Waals surface area contributed by atoms with Gasteiger partial charge in [-0.05, 0) is 351 Å². The largest absolute Gasteiger partial charge is 0.268 e. The number of rotatable bonds is 13. The van der Waals surface area contributed by atoms with Gasteiger partial charge in [0.05, 0.1) is 27.1 Å². The minimum absolute atomic E-state index is 0.0443. The summed E-state index contributed by atoms with van der Waals surface area (Å²) in [6.07, 6.45) is 39.5. The summed E-state index contributed by atoms with van der Waals surface area (Å²) in [5, 5.41) is 0. The van der Waals surface area contributed by atoms with Crippen LogP contribution in [0.4, 0.5) is 0 Å². The summed E-state index contributed by atoms with van der Waals surface area (Å²) in [5.41, 5.74) is 30.0. The SMILES string of the molecule is Cc1ccccc1-n1c(C)c(-c2ccccc2)[n+](C2CCCC2)c1C(C)(C)C.Cc1ccccc1-n1c(C)c(C)[n+](C2CCCC2)c1C(C)(C)C.Cc1ccccc1-n1c(C)c(C)[n+](C2CCCC2)c1C(C)(C)C.Cc1ccccc1-n1c(C)c(C2CCCC2)[n+](C2CCCC2)c1C(C)(C)C.Cc1ccccc1-n1c(C)c(C2CCCCC2)[n+](C2CCCC2)c1C(C)(C)C. The Labute approximate surface area is 782 Å². The van der Waals surface area contributed by atoms with Gasteiger partial charge < -0.3 is 0 Å². The highest BCUT2D eigenvalue weighted by molar-refractivity contribution is 5.61. The Morgan fingerprint density at radius 1 is 0.209 bits per heavy atom. The first-order valence-corrected chi connectivity index (χ1v) is 51.5. The summed E-state index contributed by atoms with van der Waals surface area (Å²) >= 11 is 0. The number of nitrogens with zero attached hydrogens (tertiary/aromatic N) is 10. The van der Waals surface area contributed by atoms with Crippen molar-refractivity contribution >= 4 is 0 Å². The summed E-state index contributed by atoms with van der Waals surface area (Å²) in [6, 6.07) is 58.5. The summed E-state index contributed by atoms with van der Waals surface area (Å²) in [5.74, 6) is 8.85. The molecular formula is C119H171N10+5. The first kappa shape index (κ1) is 96.4. The van der Waals surface area contributed by atoms with E-state index in [9.17, 15) is 0 Å². The number of hydrogen-bond donors (Lipinski definition) is 0. The van der Waals surface area contributed by atoms with Crippen molar-refractivity contribution in [3.05, 3.63) is 260 Å². The fourth-order valence-corrected chi connectivity index (χ4v) is 24.8. The number of para-hydroxylation sites is 5. The van der Waals surface area contributed by atoms with Crippen LogP contribution in [-0.2, 0) is 27.1 Å². The van der Waals surface area contributed by atoms with Crippen molar-refractivity contribution in [1.82, 2.24) is 22.8 Å². The van der Waals surface area contributed by atoms with Gasteiger partial charge in [-0.15, -0.1) is 0 Å². The van der Waals surface area contributed by atoms with E-state index >= 15 is 0 Å². The molecule has 10 heteroatoms. The molecule has 0 unspecified atom stereocenters. The van der Waals surface area contributed by atoms with E-state index in [2.05, 4.69) is 384 Å². The van der Waals surface area contributed by atoms with Crippen LogP contribution in [0.5, 0.6) is 0 Å². The molecule has 7 aliphatic rings. The molecule has 5 aromatic heterocycles. The van der Waals surface area contributed by atoms with Crippen molar-refractivity contribution in [2.24, 2.45) is 0 Å². The highest BCUT2D eigenvalue weighted by Crippen LogP contribution is 2.46. The van der Waals surface area contributed by atoms with Crippen LogP contribution in [0.25, 0.3) is 39.7 Å². The first-order chi connectivity index (χ1) is 61.3. The molecular weight excluding hydrogens is 1570 g/mol. The maximum absolute atomic E-state index is 2.85. The van der Waals surface area contributed by atoms with E-state index < -0.39 is 0 Å². The monoisotopic (exact) mass is 1740 g/mol. The van der Waals surface area contributed by atoms with Gasteiger partial charge in [0.25, 0.3) is 29.1 Å². The first-order valence-electron chi connectivity index (χ1n) is 51.5. The van der Waals surface area contributed by atoms with E-state index in [1.807, 2.05) is 0 Å². The number of hydrogen-bond acceptors (Lipinski definition) is 0. The molecule has 0 spiro atoms. The van der Waals surface area contributed by atoms with E-state index in [1.165, 1.54) is 323 Å². The van der Waals surface area contributed by atoms with Crippen molar-refractivity contribution in [1.29, 1.82) is 0 Å². The van der Waals surface area contributed by atoms with Gasteiger partial charge in [0.1, 0.15) is 104 Å². The average molecular weight is 1740 g/mol. The van der Waals surface area contributed by atoms with Gasteiger partial charge in [0.15, 0.2) is 11.4 Å². The maximum Gasteiger partial charge on any atom is 0.268 e. The smallest absolute Gasteiger partial charge is 0.228 e. The topological polar surface area (TPSA) is 44.0 Å². The van der Waals surface area contributed by atoms with Crippen molar-refractivity contribution < 1.29 is 22.8 Å². The maximum atomic E-state index is 2.85. The molecule has 7 aliphatic carbocycles. The molecule has 0 saturated heterocycles. The van der Waals surface area contributed by atoms with Crippen molar-refractivity contribution in [2.75, 3.05) is 0 Å². The predicted octanol–water partition coefficient (Wildman–Crippen LogP) is 30.0. The van der Waals surface area contributed by atoms with Crippen LogP contribution in [-0.4, -0.2) is 22.8 Å². The molecule has 0 atom stereocenters. The molecule has 11 aromatic rings. The van der Waals surface area contributed by atoms with Crippen LogP contribution in [0.3, 0.4) is 0 Å². The minimum Gasteiger partial charge on any atom is -0.228 e. The Hall–Kier alpha value is -8.63. The van der Waals surface area contributed by atoms with Crippen LogP contribution < -0.4 is 22.8 Å². The molecule has 7 fully saturated rings. The van der Waals surface area contributed by atoms with E-state index in [0.29, 0.717) is 30.2 Å². The second-order valence-corrected chi connectivity index (χ2v) is 45.9. The molecule has 5 heterocycles. The zero-order chi connectivity index (χ0) is 92.5. The molecule has 0 bridgehead atoms. The van der Waals surface area contributed by atoms with Crippen molar-refractivity contribution in [2.45, 2.75) is 442 Å². The van der Waals surface area contributed by atoms with E-state index in [4.69, 9.17) is 0 Å². The van der Waals surface area contributed by atoms with Crippen LogP contribution in [0.2, 0.25) is 0 Å². The van der Waals surface area contributed by atoms with Crippen LogP contribution in [0, 0.1) is 83.1 Å². The van der Waals surface area contributed by atoms with E-state index in [0.717, 1.165) is 11.8 Å². The Balaban J connectivity index is 0.000000131. The van der Waals surface area contributed by atoms with Crippen molar-refractivity contribution in [3.8, 4) is 39.7 Å².